The molecular formula is C14H36N2O2. The molecule has 0 saturated carbocycles. The first kappa shape index (κ1) is 23.0. The second-order valence-corrected chi connectivity index (χ2v) is 6.37. The highest BCUT2D eigenvalue weighted by molar-refractivity contribution is 4.43. The molecule has 0 unspecified atom stereocenters. The van der Waals surface area contributed by atoms with E-state index >= 15 is 0 Å². The fraction of sp³-hybridized carbons (Fsp3) is 1.00. The summed E-state index contributed by atoms with van der Waals surface area (Å²) in [5, 5.41) is 0. The van der Waals surface area contributed by atoms with Crippen molar-refractivity contribution in [3.05, 3.63) is 0 Å². The SMILES string of the molecule is CC[N+](C)(C)CCCCCC[N+](C)(C)CC.[OH-].[OH-]. The summed E-state index contributed by atoms with van der Waals surface area (Å²) in [4.78, 5) is 0. The van der Waals surface area contributed by atoms with Crippen LogP contribution in [0.1, 0.15) is 39.5 Å². The Bertz CT molecular complexity index is 163. The van der Waals surface area contributed by atoms with Gasteiger partial charge in [-0.05, 0) is 39.5 Å². The molecule has 0 saturated heterocycles. The number of hydrogen-bond acceptors (Lipinski definition) is 2. The number of hydrogen-bond donors (Lipinski definition) is 0. The standard InChI is InChI=1S/C14H34N2.2H2O/c1-7-15(3,4)13-11-9-10-12-14-16(5,6)8-2;;/h7-14H2,1-6H3;2*1H2/q+2;;/p-2. The van der Waals surface area contributed by atoms with Gasteiger partial charge in [-0.3, -0.25) is 0 Å². The lowest BCUT2D eigenvalue weighted by Crippen LogP contribution is -2.40. The van der Waals surface area contributed by atoms with Gasteiger partial charge in [-0.1, -0.05) is 0 Å². The highest BCUT2D eigenvalue weighted by atomic mass is 16.0. The lowest BCUT2D eigenvalue weighted by atomic mass is 10.1. The summed E-state index contributed by atoms with van der Waals surface area (Å²) in [6.45, 7) is 9.73. The van der Waals surface area contributed by atoms with Crippen molar-refractivity contribution in [2.45, 2.75) is 39.5 Å². The summed E-state index contributed by atoms with van der Waals surface area (Å²) in [7, 11) is 9.32. The maximum atomic E-state index is 2.33. The van der Waals surface area contributed by atoms with Gasteiger partial charge in [-0.15, -0.1) is 0 Å². The quantitative estimate of drug-likeness (QED) is 0.474. The Balaban J connectivity index is -0.00000112. The molecule has 0 bridgehead atoms. The normalized spacial score (nSPS) is 11.7. The van der Waals surface area contributed by atoms with E-state index in [1.165, 1.54) is 60.8 Å². The number of nitrogens with zero attached hydrogens (tertiary/aromatic N) is 2. The molecule has 0 aromatic heterocycles. The summed E-state index contributed by atoms with van der Waals surface area (Å²) < 4.78 is 2.35. The van der Waals surface area contributed by atoms with Crippen LogP contribution in [-0.4, -0.2) is 74.3 Å². The average molecular weight is 264 g/mol. The maximum Gasteiger partial charge on any atom is 0.0782 e. The van der Waals surface area contributed by atoms with E-state index < -0.39 is 0 Å². The Morgan fingerprint density at radius 3 is 1.06 bits per heavy atom. The second kappa shape index (κ2) is 10.7. The van der Waals surface area contributed by atoms with Gasteiger partial charge in [0.15, 0.2) is 0 Å². The molecule has 114 valence electrons. The van der Waals surface area contributed by atoms with Crippen molar-refractivity contribution < 1.29 is 19.9 Å². The van der Waals surface area contributed by atoms with Crippen LogP contribution in [0.3, 0.4) is 0 Å². The summed E-state index contributed by atoms with van der Waals surface area (Å²) >= 11 is 0. The van der Waals surface area contributed by atoms with Gasteiger partial charge >= 0.3 is 0 Å². The first-order valence-electron chi connectivity index (χ1n) is 6.97. The summed E-state index contributed by atoms with van der Waals surface area (Å²) in [6.07, 6.45) is 5.59. The predicted octanol–water partition coefficient (Wildman–Crippen LogP) is 2.39. The fourth-order valence-electron chi connectivity index (χ4n) is 1.75. The van der Waals surface area contributed by atoms with Crippen molar-refractivity contribution in [2.24, 2.45) is 0 Å². The Morgan fingerprint density at radius 2 is 0.833 bits per heavy atom. The summed E-state index contributed by atoms with van der Waals surface area (Å²) in [5.74, 6) is 0. The Labute approximate surface area is 114 Å². The Kier molecular flexibility index (Phi) is 13.7. The lowest BCUT2D eigenvalue weighted by molar-refractivity contribution is -0.889. The highest BCUT2D eigenvalue weighted by Gasteiger charge is 2.12. The van der Waals surface area contributed by atoms with Crippen molar-refractivity contribution in [1.29, 1.82) is 0 Å². The predicted molar refractivity (Wildman–Crippen MR) is 77.4 cm³/mol. The molecule has 0 atom stereocenters. The number of unbranched alkanes of at least 4 members (excludes halogenated alkanes) is 3. The first-order valence-corrected chi connectivity index (χ1v) is 6.97. The highest BCUT2D eigenvalue weighted by Crippen LogP contribution is 2.07. The van der Waals surface area contributed by atoms with E-state index in [1.807, 2.05) is 0 Å². The number of rotatable bonds is 9. The fourth-order valence-corrected chi connectivity index (χ4v) is 1.75. The van der Waals surface area contributed by atoms with Crippen molar-refractivity contribution in [3.8, 4) is 0 Å². The van der Waals surface area contributed by atoms with Gasteiger partial charge < -0.3 is 19.9 Å². The van der Waals surface area contributed by atoms with Crippen molar-refractivity contribution in [2.75, 3.05) is 54.4 Å². The first-order chi connectivity index (χ1) is 7.33. The monoisotopic (exact) mass is 264 g/mol. The topological polar surface area (TPSA) is 60.0 Å². The molecule has 0 rings (SSSR count). The minimum absolute atomic E-state index is 0. The second-order valence-electron chi connectivity index (χ2n) is 6.37. The van der Waals surface area contributed by atoms with Crippen LogP contribution in [0.4, 0.5) is 0 Å². The van der Waals surface area contributed by atoms with Crippen LogP contribution >= 0.6 is 0 Å². The average Bonchev–Trinajstić information content (AvgIpc) is 2.23. The molecule has 0 aliphatic carbocycles. The molecule has 0 aliphatic heterocycles. The van der Waals surface area contributed by atoms with E-state index in [-0.39, 0.29) is 11.0 Å². The van der Waals surface area contributed by atoms with Crippen LogP contribution < -0.4 is 0 Å². The molecule has 2 N–H and O–H groups in total. The van der Waals surface area contributed by atoms with E-state index in [2.05, 4.69) is 42.0 Å². The Hall–Kier alpha value is -0.160. The van der Waals surface area contributed by atoms with Crippen LogP contribution in [-0.2, 0) is 0 Å². The van der Waals surface area contributed by atoms with E-state index in [0.717, 1.165) is 0 Å². The third-order valence-electron chi connectivity index (χ3n) is 3.99. The molecule has 0 amide bonds. The molecule has 4 nitrogen and oxygen atoms in total. The zero-order valence-electron chi connectivity index (χ0n) is 13.4. The van der Waals surface area contributed by atoms with Gasteiger partial charge in [0.05, 0.1) is 54.4 Å². The maximum absolute atomic E-state index is 2.33. The summed E-state index contributed by atoms with van der Waals surface area (Å²) in [6, 6.07) is 0. The molecule has 0 aromatic carbocycles. The molecule has 0 spiro atoms. The molecule has 0 aromatic rings. The zero-order valence-corrected chi connectivity index (χ0v) is 13.4. The van der Waals surface area contributed by atoms with Gasteiger partial charge in [0.2, 0.25) is 0 Å². The van der Waals surface area contributed by atoms with E-state index in [9.17, 15) is 0 Å². The van der Waals surface area contributed by atoms with E-state index in [0.29, 0.717) is 0 Å². The van der Waals surface area contributed by atoms with Gasteiger partial charge in [0, 0.05) is 0 Å². The lowest BCUT2D eigenvalue weighted by Gasteiger charge is -2.29. The molecule has 18 heavy (non-hydrogen) atoms. The van der Waals surface area contributed by atoms with Crippen LogP contribution in [0, 0.1) is 0 Å². The van der Waals surface area contributed by atoms with Crippen LogP contribution in [0.25, 0.3) is 0 Å². The van der Waals surface area contributed by atoms with Crippen molar-refractivity contribution in [3.63, 3.8) is 0 Å². The number of quaternary nitrogens is 2. The van der Waals surface area contributed by atoms with Crippen LogP contribution in [0.2, 0.25) is 0 Å². The molecular weight excluding hydrogens is 228 g/mol. The third-order valence-corrected chi connectivity index (χ3v) is 3.99. The van der Waals surface area contributed by atoms with Gasteiger partial charge in [-0.2, -0.15) is 0 Å². The van der Waals surface area contributed by atoms with E-state index in [1.54, 1.807) is 0 Å². The minimum Gasteiger partial charge on any atom is -0.870 e. The Morgan fingerprint density at radius 1 is 0.556 bits per heavy atom. The zero-order chi connectivity index (χ0) is 12.7. The third kappa shape index (κ3) is 12.3. The largest absolute Gasteiger partial charge is 0.870 e. The minimum atomic E-state index is 0. The van der Waals surface area contributed by atoms with E-state index in [4.69, 9.17) is 0 Å². The van der Waals surface area contributed by atoms with Gasteiger partial charge in [0.1, 0.15) is 0 Å². The summed E-state index contributed by atoms with van der Waals surface area (Å²) in [5.41, 5.74) is 0. The van der Waals surface area contributed by atoms with Gasteiger partial charge in [0.25, 0.3) is 0 Å². The molecule has 0 aliphatic rings. The van der Waals surface area contributed by atoms with Gasteiger partial charge in [-0.25, -0.2) is 0 Å². The molecule has 0 radical (unpaired) electrons. The van der Waals surface area contributed by atoms with Crippen molar-refractivity contribution in [1.82, 2.24) is 0 Å². The molecule has 0 fully saturated rings. The van der Waals surface area contributed by atoms with Crippen molar-refractivity contribution >= 4 is 0 Å². The van der Waals surface area contributed by atoms with Crippen LogP contribution in [0.5, 0.6) is 0 Å². The molecule has 0 heterocycles. The smallest absolute Gasteiger partial charge is 0.0782 e. The molecule has 4 heteroatoms. The van der Waals surface area contributed by atoms with Crippen LogP contribution in [0.15, 0.2) is 0 Å².